The van der Waals surface area contributed by atoms with Crippen molar-refractivity contribution in [1.82, 2.24) is 9.88 Å². The normalized spacial score (nSPS) is 26.9. The zero-order chi connectivity index (χ0) is 19.9. The summed E-state index contributed by atoms with van der Waals surface area (Å²) in [5, 5.41) is 13.5. The molecule has 2 aromatic rings. The molecule has 1 aromatic carbocycles. The van der Waals surface area contributed by atoms with Crippen molar-refractivity contribution in [1.29, 1.82) is 0 Å². The molecule has 8 heteroatoms. The van der Waals surface area contributed by atoms with Gasteiger partial charge in [-0.15, -0.1) is 0 Å². The number of piperidine rings is 1. The van der Waals surface area contributed by atoms with E-state index in [0.717, 1.165) is 6.07 Å². The minimum atomic E-state index is -4.55. The summed E-state index contributed by atoms with van der Waals surface area (Å²) in [6.07, 6.45) is 0.790. The summed E-state index contributed by atoms with van der Waals surface area (Å²) in [6.45, 7) is 0. The first kappa shape index (κ1) is 18.7. The summed E-state index contributed by atoms with van der Waals surface area (Å²) in [7, 11) is 0. The van der Waals surface area contributed by atoms with Gasteiger partial charge in [-0.2, -0.15) is 13.2 Å². The highest BCUT2D eigenvalue weighted by atomic mass is 19.4. The Morgan fingerprint density at radius 1 is 1.14 bits per heavy atom. The maximum Gasteiger partial charge on any atom is 0.418 e. The van der Waals surface area contributed by atoms with Crippen LogP contribution in [0.25, 0.3) is 0 Å². The highest BCUT2D eigenvalue weighted by Gasteiger charge is 2.50. The average Bonchev–Trinajstić information content (AvgIpc) is 2.94. The van der Waals surface area contributed by atoms with Crippen molar-refractivity contribution < 1.29 is 23.1 Å². The highest BCUT2D eigenvalue weighted by molar-refractivity contribution is 5.91. The Balaban J connectivity index is 1.54. The minimum absolute atomic E-state index is 0.234. The molecule has 4 rings (SSSR count). The predicted molar refractivity (Wildman–Crippen MR) is 96.5 cm³/mol. The molecule has 2 aliphatic rings. The lowest BCUT2D eigenvalue weighted by Gasteiger charge is -2.43. The number of amides is 2. The van der Waals surface area contributed by atoms with Gasteiger partial charge in [0.2, 0.25) is 0 Å². The van der Waals surface area contributed by atoms with Crippen LogP contribution in [0.5, 0.6) is 0 Å². The molecule has 2 amide bonds. The third-order valence-electron chi connectivity index (χ3n) is 5.67. The molecule has 0 unspecified atom stereocenters. The number of benzene rings is 1. The number of fused-ring (bicyclic) bond motifs is 2. The van der Waals surface area contributed by atoms with Gasteiger partial charge in [-0.1, -0.05) is 18.2 Å². The number of urea groups is 1. The van der Waals surface area contributed by atoms with E-state index in [-0.39, 0.29) is 17.8 Å². The Morgan fingerprint density at radius 2 is 1.82 bits per heavy atom. The molecule has 2 bridgehead atoms. The summed E-state index contributed by atoms with van der Waals surface area (Å²) in [5.74, 6) is 0. The number of nitrogens with zero attached hydrogens (tertiary/aromatic N) is 2. The van der Waals surface area contributed by atoms with Gasteiger partial charge in [-0.05, 0) is 31.0 Å². The van der Waals surface area contributed by atoms with Crippen molar-refractivity contribution in [2.24, 2.45) is 0 Å². The Labute approximate surface area is 160 Å². The van der Waals surface area contributed by atoms with Crippen LogP contribution in [0.1, 0.15) is 36.8 Å². The molecule has 0 saturated carbocycles. The molecule has 0 spiro atoms. The van der Waals surface area contributed by atoms with Gasteiger partial charge in [0.1, 0.15) is 0 Å². The van der Waals surface area contributed by atoms with Crippen LogP contribution in [0.2, 0.25) is 0 Å². The van der Waals surface area contributed by atoms with Gasteiger partial charge in [0, 0.05) is 42.9 Å². The third kappa shape index (κ3) is 3.32. The van der Waals surface area contributed by atoms with Crippen molar-refractivity contribution in [3.8, 4) is 0 Å². The molecule has 5 nitrogen and oxygen atoms in total. The van der Waals surface area contributed by atoms with Crippen molar-refractivity contribution >= 4 is 11.7 Å². The van der Waals surface area contributed by atoms with E-state index < -0.39 is 23.4 Å². The van der Waals surface area contributed by atoms with Crippen molar-refractivity contribution in [2.75, 3.05) is 5.32 Å². The summed E-state index contributed by atoms with van der Waals surface area (Å²) in [5.41, 5.74) is -1.51. The molecule has 2 fully saturated rings. The van der Waals surface area contributed by atoms with E-state index in [2.05, 4.69) is 10.3 Å². The molecule has 2 N–H and O–H groups in total. The van der Waals surface area contributed by atoms with E-state index in [9.17, 15) is 23.1 Å². The molecule has 3 heterocycles. The summed E-state index contributed by atoms with van der Waals surface area (Å²) >= 11 is 0. The molecule has 2 aliphatic heterocycles. The number of para-hydroxylation sites is 1. The van der Waals surface area contributed by atoms with Crippen LogP contribution in [0.3, 0.4) is 0 Å². The number of carbonyl (C=O) groups excluding carboxylic acids is 1. The second-order valence-corrected chi connectivity index (χ2v) is 7.45. The monoisotopic (exact) mass is 391 g/mol. The first-order valence-corrected chi connectivity index (χ1v) is 9.16. The molecule has 28 heavy (non-hydrogen) atoms. The maximum atomic E-state index is 13.2. The number of aliphatic hydroxyl groups is 1. The predicted octanol–water partition coefficient (Wildman–Crippen LogP) is 4.15. The first-order chi connectivity index (χ1) is 13.3. The standard InChI is InChI=1S/C20H20F3N3O2/c21-20(22,23)16-5-1-2-6-17(16)25-18(27)26-14-7-8-15(26)11-19(28,10-14)13-4-3-9-24-12-13/h1-6,9,12,14-15,28H,7-8,10-11H2,(H,25,27)/t14-,15-/m1/s1. The average molecular weight is 391 g/mol. The van der Waals surface area contributed by atoms with Crippen LogP contribution in [-0.4, -0.2) is 33.1 Å². The fourth-order valence-electron chi connectivity index (χ4n) is 4.45. The van der Waals surface area contributed by atoms with Crippen molar-refractivity contribution in [2.45, 2.75) is 49.5 Å². The Morgan fingerprint density at radius 3 is 2.43 bits per heavy atom. The zero-order valence-electron chi connectivity index (χ0n) is 15.0. The van der Waals surface area contributed by atoms with Gasteiger partial charge in [-0.3, -0.25) is 4.98 Å². The number of hydrogen-bond acceptors (Lipinski definition) is 3. The van der Waals surface area contributed by atoms with E-state index in [1.165, 1.54) is 18.2 Å². The fourth-order valence-corrected chi connectivity index (χ4v) is 4.45. The first-order valence-electron chi connectivity index (χ1n) is 9.16. The van der Waals surface area contributed by atoms with Crippen LogP contribution >= 0.6 is 0 Å². The lowest BCUT2D eigenvalue weighted by atomic mass is 9.81. The van der Waals surface area contributed by atoms with E-state index in [1.54, 1.807) is 23.4 Å². The van der Waals surface area contributed by atoms with E-state index in [0.29, 0.717) is 31.2 Å². The highest BCUT2D eigenvalue weighted by Crippen LogP contribution is 2.46. The van der Waals surface area contributed by atoms with Crippen LogP contribution < -0.4 is 5.32 Å². The number of carbonyl (C=O) groups is 1. The van der Waals surface area contributed by atoms with Crippen molar-refractivity contribution in [3.63, 3.8) is 0 Å². The Kier molecular flexibility index (Phi) is 4.53. The van der Waals surface area contributed by atoms with Crippen LogP contribution in [0.4, 0.5) is 23.7 Å². The van der Waals surface area contributed by atoms with Crippen LogP contribution in [0, 0.1) is 0 Å². The van der Waals surface area contributed by atoms with Crippen molar-refractivity contribution in [3.05, 3.63) is 59.9 Å². The van der Waals surface area contributed by atoms with Crippen LogP contribution in [0.15, 0.2) is 48.8 Å². The summed E-state index contributed by atoms with van der Waals surface area (Å²) in [4.78, 5) is 18.5. The number of halogens is 3. The maximum absolute atomic E-state index is 13.2. The number of aromatic nitrogens is 1. The van der Waals surface area contributed by atoms with Gasteiger partial charge in [0.05, 0.1) is 16.9 Å². The number of alkyl halides is 3. The summed E-state index contributed by atoms with van der Waals surface area (Å²) in [6, 6.07) is 7.47. The van der Waals surface area contributed by atoms with Gasteiger partial charge < -0.3 is 15.3 Å². The quantitative estimate of drug-likeness (QED) is 0.809. The van der Waals surface area contributed by atoms with E-state index in [1.807, 2.05) is 6.07 Å². The minimum Gasteiger partial charge on any atom is -0.385 e. The number of hydrogen-bond donors (Lipinski definition) is 2. The lowest BCUT2D eigenvalue weighted by molar-refractivity contribution is -0.136. The second-order valence-electron chi connectivity index (χ2n) is 7.45. The Hall–Kier alpha value is -2.61. The molecule has 2 saturated heterocycles. The topological polar surface area (TPSA) is 65.5 Å². The SMILES string of the molecule is O=C(Nc1ccccc1C(F)(F)F)N1[C@@H]2CC[C@@H]1CC(O)(c1cccnc1)C2. The van der Waals surface area contributed by atoms with E-state index in [4.69, 9.17) is 0 Å². The number of pyridine rings is 1. The second kappa shape index (κ2) is 6.77. The summed E-state index contributed by atoms with van der Waals surface area (Å²) < 4.78 is 39.6. The van der Waals surface area contributed by atoms with Crippen LogP contribution in [-0.2, 0) is 11.8 Å². The largest absolute Gasteiger partial charge is 0.418 e. The van der Waals surface area contributed by atoms with E-state index >= 15 is 0 Å². The smallest absolute Gasteiger partial charge is 0.385 e. The fraction of sp³-hybridized carbons (Fsp3) is 0.400. The molecule has 148 valence electrons. The van der Waals surface area contributed by atoms with Gasteiger partial charge >= 0.3 is 12.2 Å². The number of anilines is 1. The molecule has 0 radical (unpaired) electrons. The van der Waals surface area contributed by atoms with Gasteiger partial charge in [0.15, 0.2) is 0 Å². The molecular formula is C20H20F3N3O2. The Bertz CT molecular complexity index is 858. The lowest BCUT2D eigenvalue weighted by Crippen LogP contribution is -2.53. The zero-order valence-corrected chi connectivity index (χ0v) is 15.0. The number of nitrogens with one attached hydrogen (secondary N) is 1. The van der Waals surface area contributed by atoms with Gasteiger partial charge in [-0.25, -0.2) is 4.79 Å². The molecule has 1 aromatic heterocycles. The molecule has 0 aliphatic carbocycles. The number of rotatable bonds is 2. The molecule has 2 atom stereocenters. The third-order valence-corrected chi connectivity index (χ3v) is 5.67. The molecular weight excluding hydrogens is 371 g/mol. The van der Waals surface area contributed by atoms with Gasteiger partial charge in [0.25, 0.3) is 0 Å².